The van der Waals surface area contributed by atoms with Crippen LogP contribution in [0, 0.1) is 5.92 Å². The highest BCUT2D eigenvalue weighted by Gasteiger charge is 2.35. The number of amides is 4. The minimum absolute atomic E-state index is 0.137. The fourth-order valence-electron chi connectivity index (χ4n) is 4.37. The average Bonchev–Trinajstić information content (AvgIpc) is 3.45. The Bertz CT molecular complexity index is 1030. The molecule has 154 valence electrons. The van der Waals surface area contributed by atoms with E-state index in [9.17, 15) is 14.4 Å². The van der Waals surface area contributed by atoms with Gasteiger partial charge in [0.15, 0.2) is 0 Å². The quantitative estimate of drug-likeness (QED) is 0.694. The molecular formula is C24H25N3O3. The number of hydrogen-bond acceptors (Lipinski definition) is 3. The Hall–Kier alpha value is -3.15. The van der Waals surface area contributed by atoms with Gasteiger partial charge in [0.25, 0.3) is 5.91 Å². The molecule has 2 fully saturated rings. The summed E-state index contributed by atoms with van der Waals surface area (Å²) in [6, 6.07) is 13.9. The molecule has 0 bridgehead atoms. The van der Waals surface area contributed by atoms with Gasteiger partial charge >= 0.3 is 6.03 Å². The fraction of sp³-hybridized carbons (Fsp3) is 0.375. The van der Waals surface area contributed by atoms with Gasteiger partial charge in [-0.25, -0.2) is 4.79 Å². The highest BCUT2D eigenvalue weighted by Crippen LogP contribution is 2.34. The van der Waals surface area contributed by atoms with Crippen LogP contribution >= 0.6 is 0 Å². The molecule has 0 N–H and O–H groups in total. The maximum atomic E-state index is 12.6. The summed E-state index contributed by atoms with van der Waals surface area (Å²) in [7, 11) is 0. The molecule has 0 radical (unpaired) electrons. The summed E-state index contributed by atoms with van der Waals surface area (Å²) < 4.78 is 0. The van der Waals surface area contributed by atoms with Gasteiger partial charge in [0.1, 0.15) is 6.54 Å². The van der Waals surface area contributed by atoms with Gasteiger partial charge in [-0.05, 0) is 60.1 Å². The van der Waals surface area contributed by atoms with E-state index in [0.717, 1.165) is 34.4 Å². The van der Waals surface area contributed by atoms with Crippen LogP contribution in [-0.2, 0) is 17.9 Å². The Morgan fingerprint density at radius 3 is 2.30 bits per heavy atom. The Labute approximate surface area is 176 Å². The Morgan fingerprint density at radius 2 is 1.63 bits per heavy atom. The number of rotatable bonds is 6. The van der Waals surface area contributed by atoms with Crippen LogP contribution in [0.1, 0.15) is 41.3 Å². The summed E-state index contributed by atoms with van der Waals surface area (Å²) in [5, 5.41) is 0. The zero-order chi connectivity index (χ0) is 20.8. The molecule has 30 heavy (non-hydrogen) atoms. The Kier molecular flexibility index (Phi) is 4.57. The molecule has 6 heteroatoms. The number of likely N-dealkylation sites (N-methyl/N-ethyl adjacent to an activating group) is 1. The van der Waals surface area contributed by atoms with Crippen molar-refractivity contribution < 1.29 is 14.4 Å². The van der Waals surface area contributed by atoms with Crippen LogP contribution in [-0.4, -0.2) is 52.2 Å². The van der Waals surface area contributed by atoms with E-state index in [1.165, 1.54) is 17.7 Å². The largest absolute Gasteiger partial charge is 0.334 e. The predicted molar refractivity (Wildman–Crippen MR) is 113 cm³/mol. The smallest absolute Gasteiger partial charge is 0.327 e. The van der Waals surface area contributed by atoms with Crippen LogP contribution in [0.15, 0.2) is 42.5 Å². The molecular weight excluding hydrogens is 378 g/mol. The van der Waals surface area contributed by atoms with Crippen molar-refractivity contribution in [3.05, 3.63) is 59.2 Å². The molecule has 5 rings (SSSR count). The van der Waals surface area contributed by atoms with Crippen LogP contribution in [0.5, 0.6) is 0 Å². The lowest BCUT2D eigenvalue weighted by Crippen LogP contribution is -2.32. The van der Waals surface area contributed by atoms with Crippen molar-refractivity contribution in [1.29, 1.82) is 0 Å². The van der Waals surface area contributed by atoms with Crippen LogP contribution in [0.3, 0.4) is 0 Å². The van der Waals surface area contributed by atoms with Crippen molar-refractivity contribution in [1.82, 2.24) is 14.7 Å². The van der Waals surface area contributed by atoms with Crippen LogP contribution in [0.25, 0.3) is 11.1 Å². The molecule has 4 amide bonds. The van der Waals surface area contributed by atoms with E-state index < -0.39 is 0 Å². The first kappa shape index (κ1) is 18.9. The normalized spacial score (nSPS) is 18.6. The van der Waals surface area contributed by atoms with Crippen LogP contribution in [0.2, 0.25) is 0 Å². The number of benzene rings is 2. The lowest BCUT2D eigenvalue weighted by Gasteiger charge is -2.16. The van der Waals surface area contributed by atoms with Crippen molar-refractivity contribution in [2.45, 2.75) is 32.9 Å². The van der Waals surface area contributed by atoms with Crippen LogP contribution in [0.4, 0.5) is 4.79 Å². The molecule has 3 aliphatic rings. The predicted octanol–water partition coefficient (Wildman–Crippen LogP) is 3.50. The minimum atomic E-state index is -0.217. The van der Waals surface area contributed by atoms with E-state index in [4.69, 9.17) is 0 Å². The highest BCUT2D eigenvalue weighted by atomic mass is 16.2. The first-order valence-corrected chi connectivity index (χ1v) is 10.6. The summed E-state index contributed by atoms with van der Waals surface area (Å²) in [6.07, 6.45) is 2.48. The summed E-state index contributed by atoms with van der Waals surface area (Å²) in [5.74, 6) is 0.713. The topological polar surface area (TPSA) is 60.9 Å². The van der Waals surface area contributed by atoms with E-state index in [1.54, 1.807) is 4.90 Å². The zero-order valence-corrected chi connectivity index (χ0v) is 17.1. The van der Waals surface area contributed by atoms with Gasteiger partial charge < -0.3 is 9.80 Å². The number of imide groups is 1. The number of fused-ring (bicyclic) bond motifs is 1. The van der Waals surface area contributed by atoms with Crippen molar-refractivity contribution >= 4 is 17.8 Å². The van der Waals surface area contributed by atoms with E-state index in [-0.39, 0.29) is 24.4 Å². The average molecular weight is 403 g/mol. The second-order valence-electron chi connectivity index (χ2n) is 8.47. The maximum Gasteiger partial charge on any atom is 0.327 e. The third kappa shape index (κ3) is 3.36. The number of nitrogens with zero attached hydrogens (tertiary/aromatic N) is 3. The molecule has 2 aromatic rings. The van der Waals surface area contributed by atoms with Gasteiger partial charge in [-0.2, -0.15) is 0 Å². The Balaban J connectivity index is 1.29. The first-order chi connectivity index (χ1) is 14.5. The van der Waals surface area contributed by atoms with Gasteiger partial charge in [0.05, 0.1) is 0 Å². The number of carbonyl (C=O) groups excluding carboxylic acids is 3. The van der Waals surface area contributed by atoms with E-state index in [0.29, 0.717) is 25.6 Å². The van der Waals surface area contributed by atoms with E-state index in [2.05, 4.69) is 6.07 Å². The molecule has 6 nitrogen and oxygen atoms in total. The minimum Gasteiger partial charge on any atom is -0.334 e. The number of urea groups is 1. The van der Waals surface area contributed by atoms with Gasteiger partial charge in [-0.15, -0.1) is 0 Å². The molecule has 0 atom stereocenters. The summed E-state index contributed by atoms with van der Waals surface area (Å²) in [6.45, 7) is 4.37. The van der Waals surface area contributed by atoms with E-state index in [1.807, 2.05) is 48.2 Å². The van der Waals surface area contributed by atoms with Crippen molar-refractivity contribution in [3.8, 4) is 11.1 Å². The van der Waals surface area contributed by atoms with Crippen molar-refractivity contribution in [3.63, 3.8) is 0 Å². The molecule has 0 unspecified atom stereocenters. The molecule has 1 saturated carbocycles. The summed E-state index contributed by atoms with van der Waals surface area (Å²) in [5.41, 5.74) is 5.08. The maximum absolute atomic E-state index is 12.6. The molecule has 1 saturated heterocycles. The molecule has 0 aromatic heterocycles. The van der Waals surface area contributed by atoms with Crippen molar-refractivity contribution in [2.24, 2.45) is 5.92 Å². The fourth-order valence-corrected chi connectivity index (χ4v) is 4.37. The van der Waals surface area contributed by atoms with Gasteiger partial charge in [0.2, 0.25) is 5.91 Å². The third-order valence-electron chi connectivity index (χ3n) is 6.27. The number of hydrogen-bond donors (Lipinski definition) is 0. The monoisotopic (exact) mass is 403 g/mol. The molecule has 2 aromatic carbocycles. The lowest BCUT2D eigenvalue weighted by atomic mass is 9.99. The first-order valence-electron chi connectivity index (χ1n) is 10.6. The molecule has 1 aliphatic carbocycles. The van der Waals surface area contributed by atoms with Gasteiger partial charge in [-0.1, -0.05) is 30.3 Å². The molecule has 2 aliphatic heterocycles. The summed E-state index contributed by atoms with van der Waals surface area (Å²) in [4.78, 5) is 41.6. The molecule has 0 spiro atoms. The van der Waals surface area contributed by atoms with Gasteiger partial charge in [0, 0.05) is 31.7 Å². The van der Waals surface area contributed by atoms with Crippen molar-refractivity contribution in [2.75, 3.05) is 19.6 Å². The zero-order valence-electron chi connectivity index (χ0n) is 17.1. The molecule has 2 heterocycles. The second kappa shape index (κ2) is 7.27. The standard InChI is InChI=1S/C24H25N3O3/c1-2-27-22(28)15-26(24(27)30)13-17-5-7-18(8-6-17)19-9-10-21-20(11-19)14-25(23(21)29)12-16-3-4-16/h5-11,16H,2-4,12-15H2,1H3. The summed E-state index contributed by atoms with van der Waals surface area (Å²) >= 11 is 0. The SMILES string of the molecule is CCN1C(=O)CN(Cc2ccc(-c3ccc4c(c3)CN(CC3CC3)C4=O)cc2)C1=O. The highest BCUT2D eigenvalue weighted by molar-refractivity contribution is 6.02. The Morgan fingerprint density at radius 1 is 0.900 bits per heavy atom. The second-order valence-corrected chi connectivity index (χ2v) is 8.47. The van der Waals surface area contributed by atoms with Gasteiger partial charge in [-0.3, -0.25) is 14.5 Å². The number of carbonyl (C=O) groups is 3. The third-order valence-corrected chi connectivity index (χ3v) is 6.27. The van der Waals surface area contributed by atoms with E-state index >= 15 is 0 Å². The van der Waals surface area contributed by atoms with Crippen LogP contribution < -0.4 is 0 Å². The lowest BCUT2D eigenvalue weighted by molar-refractivity contribution is -0.125.